The average molecular weight is 383 g/mol. The van der Waals surface area contributed by atoms with Crippen LogP contribution in [0.4, 0.5) is 17.5 Å². The Morgan fingerprint density at radius 1 is 1.04 bits per heavy atom. The Hall–Kier alpha value is -2.18. The highest BCUT2D eigenvalue weighted by Gasteiger charge is 2.40. The summed E-state index contributed by atoms with van der Waals surface area (Å²) in [5, 5.41) is 3.45. The van der Waals surface area contributed by atoms with E-state index in [0.29, 0.717) is 19.2 Å². The van der Waals surface area contributed by atoms with E-state index in [9.17, 15) is 0 Å². The minimum atomic E-state index is -0.370. The zero-order valence-corrected chi connectivity index (χ0v) is 17.3. The van der Waals surface area contributed by atoms with E-state index >= 15 is 0 Å². The van der Waals surface area contributed by atoms with Gasteiger partial charge in [0.25, 0.3) is 0 Å². The van der Waals surface area contributed by atoms with Gasteiger partial charge in [-0.2, -0.15) is 4.98 Å². The van der Waals surface area contributed by atoms with Gasteiger partial charge in [-0.15, -0.1) is 0 Å². The van der Waals surface area contributed by atoms with Gasteiger partial charge < -0.3 is 19.7 Å². The van der Waals surface area contributed by atoms with Crippen molar-refractivity contribution in [3.8, 4) is 0 Å². The van der Waals surface area contributed by atoms with Crippen molar-refractivity contribution in [3.63, 3.8) is 0 Å². The molecule has 0 amide bonds. The van der Waals surface area contributed by atoms with E-state index in [0.717, 1.165) is 43.1 Å². The number of aryl methyl sites for hydroxylation is 1. The number of rotatable bonds is 3. The maximum Gasteiger partial charge on any atom is 0.229 e. The summed E-state index contributed by atoms with van der Waals surface area (Å²) in [6.07, 6.45) is 1.73. The fourth-order valence-corrected chi connectivity index (χ4v) is 4.00. The van der Waals surface area contributed by atoms with E-state index in [-0.39, 0.29) is 11.2 Å². The van der Waals surface area contributed by atoms with Crippen molar-refractivity contribution in [2.45, 2.75) is 51.7 Å². The topological polar surface area (TPSA) is 59.5 Å². The second-order valence-corrected chi connectivity index (χ2v) is 8.71. The van der Waals surface area contributed by atoms with Gasteiger partial charge in [-0.3, -0.25) is 0 Å². The number of nitrogens with zero attached hydrogens (tertiary/aromatic N) is 3. The third kappa shape index (κ3) is 3.98. The van der Waals surface area contributed by atoms with Gasteiger partial charge in [0.15, 0.2) is 5.79 Å². The summed E-state index contributed by atoms with van der Waals surface area (Å²) in [4.78, 5) is 11.7. The van der Waals surface area contributed by atoms with Gasteiger partial charge in [0.2, 0.25) is 5.95 Å². The van der Waals surface area contributed by atoms with E-state index in [1.165, 1.54) is 5.56 Å². The van der Waals surface area contributed by atoms with Gasteiger partial charge in [0.05, 0.1) is 13.2 Å². The summed E-state index contributed by atoms with van der Waals surface area (Å²) >= 11 is 0. The largest absolute Gasteiger partial charge is 0.356 e. The van der Waals surface area contributed by atoms with Gasteiger partial charge >= 0.3 is 0 Å². The molecule has 150 valence electrons. The summed E-state index contributed by atoms with van der Waals surface area (Å²) in [6.45, 7) is 11.8. The zero-order valence-electron chi connectivity index (χ0n) is 17.3. The van der Waals surface area contributed by atoms with Crippen LogP contribution in [0.3, 0.4) is 0 Å². The molecule has 2 aromatic rings. The monoisotopic (exact) mass is 382 g/mol. The number of benzene rings is 1. The molecule has 1 spiro atoms. The maximum absolute atomic E-state index is 5.84. The first kappa shape index (κ1) is 19.2. The molecule has 3 heterocycles. The molecule has 0 unspecified atom stereocenters. The minimum Gasteiger partial charge on any atom is -0.356 e. The minimum absolute atomic E-state index is 0.0404. The van der Waals surface area contributed by atoms with E-state index in [1.807, 2.05) is 13.0 Å². The second kappa shape index (κ2) is 7.33. The predicted octanol–water partition coefficient (Wildman–Crippen LogP) is 4.17. The smallest absolute Gasteiger partial charge is 0.229 e. The summed E-state index contributed by atoms with van der Waals surface area (Å²) in [5.41, 5.74) is 3.29. The van der Waals surface area contributed by atoms with Crippen molar-refractivity contribution >= 4 is 17.5 Å². The van der Waals surface area contributed by atoms with Crippen molar-refractivity contribution < 1.29 is 9.47 Å². The van der Waals surface area contributed by atoms with Crippen molar-refractivity contribution in [2.24, 2.45) is 0 Å². The fourth-order valence-electron chi connectivity index (χ4n) is 4.00. The van der Waals surface area contributed by atoms with Crippen LogP contribution in [0.15, 0.2) is 30.3 Å². The van der Waals surface area contributed by atoms with Crippen LogP contribution in [0.2, 0.25) is 0 Å². The summed E-state index contributed by atoms with van der Waals surface area (Å²) in [7, 11) is 0. The number of anilines is 3. The van der Waals surface area contributed by atoms with Crippen LogP contribution in [0.25, 0.3) is 0 Å². The van der Waals surface area contributed by atoms with Crippen LogP contribution in [0, 0.1) is 6.92 Å². The molecule has 0 aliphatic carbocycles. The molecule has 2 fully saturated rings. The third-order valence-electron chi connectivity index (χ3n) is 5.49. The van der Waals surface area contributed by atoms with Crippen LogP contribution in [0.5, 0.6) is 0 Å². The lowest BCUT2D eigenvalue weighted by Crippen LogP contribution is -2.45. The average Bonchev–Trinajstić information content (AvgIpc) is 3.09. The molecule has 0 radical (unpaired) electrons. The summed E-state index contributed by atoms with van der Waals surface area (Å²) < 4.78 is 11.7. The maximum atomic E-state index is 5.84. The van der Waals surface area contributed by atoms with Gasteiger partial charge in [-0.25, -0.2) is 4.98 Å². The highest BCUT2D eigenvalue weighted by Crippen LogP contribution is 2.34. The quantitative estimate of drug-likeness (QED) is 0.860. The van der Waals surface area contributed by atoms with Gasteiger partial charge in [0, 0.05) is 43.4 Å². The predicted molar refractivity (Wildman–Crippen MR) is 111 cm³/mol. The number of hydrogen-bond acceptors (Lipinski definition) is 6. The van der Waals surface area contributed by atoms with Crippen LogP contribution < -0.4 is 10.2 Å². The number of aromatic nitrogens is 2. The third-order valence-corrected chi connectivity index (χ3v) is 5.49. The molecule has 6 heteroatoms. The highest BCUT2D eigenvalue weighted by molar-refractivity contribution is 5.61. The standard InChI is InChI=1S/C22H30N4O2/c1-16-15-19(26-11-9-22(10-12-26)27-13-14-28-22)25-20(23-16)24-18-8-6-5-7-17(18)21(2,3)4/h5-8,15H,9-14H2,1-4H3,(H,23,24,25). The first-order chi connectivity index (χ1) is 13.3. The molecule has 2 aliphatic heterocycles. The molecule has 1 aromatic heterocycles. The number of para-hydroxylation sites is 1. The first-order valence-electron chi connectivity index (χ1n) is 10.1. The fraction of sp³-hybridized carbons (Fsp3) is 0.545. The molecular formula is C22H30N4O2. The number of nitrogens with one attached hydrogen (secondary N) is 1. The summed E-state index contributed by atoms with van der Waals surface area (Å²) in [5.74, 6) is 1.22. The molecule has 1 aromatic carbocycles. The summed E-state index contributed by atoms with van der Waals surface area (Å²) in [6, 6.07) is 10.4. The van der Waals surface area contributed by atoms with E-state index < -0.39 is 0 Å². The molecule has 0 atom stereocenters. The van der Waals surface area contributed by atoms with E-state index in [2.05, 4.69) is 60.2 Å². The second-order valence-electron chi connectivity index (χ2n) is 8.71. The first-order valence-corrected chi connectivity index (χ1v) is 10.1. The number of piperidine rings is 1. The van der Waals surface area contributed by atoms with Crippen molar-refractivity contribution in [2.75, 3.05) is 36.5 Å². The van der Waals surface area contributed by atoms with E-state index in [4.69, 9.17) is 14.5 Å². The Kier molecular flexibility index (Phi) is 5.02. The zero-order chi connectivity index (χ0) is 19.8. The normalized spacial score (nSPS) is 19.2. The van der Waals surface area contributed by atoms with Gasteiger partial charge in [-0.1, -0.05) is 39.0 Å². The highest BCUT2D eigenvalue weighted by atomic mass is 16.7. The van der Waals surface area contributed by atoms with Crippen molar-refractivity contribution in [3.05, 3.63) is 41.6 Å². The lowest BCUT2D eigenvalue weighted by molar-refractivity contribution is -0.169. The Morgan fingerprint density at radius 3 is 2.39 bits per heavy atom. The Morgan fingerprint density at radius 2 is 1.71 bits per heavy atom. The molecule has 4 rings (SSSR count). The Balaban J connectivity index is 1.54. The number of ether oxygens (including phenoxy) is 2. The van der Waals surface area contributed by atoms with Gasteiger partial charge in [0.1, 0.15) is 5.82 Å². The molecule has 1 N–H and O–H groups in total. The van der Waals surface area contributed by atoms with Crippen LogP contribution >= 0.6 is 0 Å². The Labute approximate surface area is 167 Å². The van der Waals surface area contributed by atoms with Crippen LogP contribution in [-0.4, -0.2) is 42.1 Å². The molecular weight excluding hydrogens is 352 g/mol. The molecule has 6 nitrogen and oxygen atoms in total. The Bertz CT molecular complexity index is 831. The molecule has 2 saturated heterocycles. The number of hydrogen-bond donors (Lipinski definition) is 1. The molecule has 0 saturated carbocycles. The lowest BCUT2D eigenvalue weighted by atomic mass is 9.86. The van der Waals surface area contributed by atoms with Gasteiger partial charge in [-0.05, 0) is 24.0 Å². The van der Waals surface area contributed by atoms with Crippen molar-refractivity contribution in [1.29, 1.82) is 0 Å². The molecule has 2 aliphatic rings. The van der Waals surface area contributed by atoms with Crippen LogP contribution in [-0.2, 0) is 14.9 Å². The lowest BCUT2D eigenvalue weighted by Gasteiger charge is -2.38. The van der Waals surface area contributed by atoms with Crippen LogP contribution in [0.1, 0.15) is 44.9 Å². The van der Waals surface area contributed by atoms with Crippen molar-refractivity contribution in [1.82, 2.24) is 9.97 Å². The SMILES string of the molecule is Cc1cc(N2CCC3(CC2)OCCO3)nc(Nc2ccccc2C(C)(C)C)n1. The van der Waals surface area contributed by atoms with E-state index in [1.54, 1.807) is 0 Å². The molecule has 0 bridgehead atoms. The molecule has 28 heavy (non-hydrogen) atoms.